The monoisotopic (exact) mass is 303 g/mol. The van der Waals surface area contributed by atoms with Gasteiger partial charge in [0, 0.05) is 18.9 Å². The number of aryl methyl sites for hydroxylation is 1. The Balaban J connectivity index is 1.87. The lowest BCUT2D eigenvalue weighted by atomic mass is 9.91. The smallest absolute Gasteiger partial charge is 0.180 e. The van der Waals surface area contributed by atoms with Gasteiger partial charge in [0.2, 0.25) is 0 Å². The van der Waals surface area contributed by atoms with Crippen LogP contribution >= 0.6 is 11.3 Å². The maximum absolute atomic E-state index is 6.09. The summed E-state index contributed by atoms with van der Waals surface area (Å²) in [6, 6.07) is 6.32. The second-order valence-electron chi connectivity index (χ2n) is 5.69. The Bertz CT molecular complexity index is 632. The average Bonchev–Trinajstić information content (AvgIpc) is 2.78. The summed E-state index contributed by atoms with van der Waals surface area (Å²) in [4.78, 5) is 5.42. The van der Waals surface area contributed by atoms with Crippen LogP contribution in [0, 0.1) is 12.8 Å². The van der Waals surface area contributed by atoms with Crippen molar-refractivity contribution in [3.05, 3.63) is 29.5 Å². The second kappa shape index (κ2) is 6.03. The van der Waals surface area contributed by atoms with Gasteiger partial charge in [-0.25, -0.2) is 4.98 Å². The molecule has 1 aliphatic rings. The van der Waals surface area contributed by atoms with Crippen molar-refractivity contribution >= 4 is 22.2 Å². The van der Waals surface area contributed by atoms with E-state index in [9.17, 15) is 0 Å². The summed E-state index contributed by atoms with van der Waals surface area (Å²) in [7, 11) is 0. The van der Waals surface area contributed by atoms with Gasteiger partial charge in [0.15, 0.2) is 5.13 Å². The molecule has 2 aromatic rings. The van der Waals surface area contributed by atoms with Crippen molar-refractivity contribution < 1.29 is 4.74 Å². The first-order valence-electron chi connectivity index (χ1n) is 7.32. The molecule has 0 aliphatic carbocycles. The summed E-state index contributed by atoms with van der Waals surface area (Å²) in [6.45, 7) is 3.75. The molecule has 0 unspecified atom stereocenters. The van der Waals surface area contributed by atoms with Crippen molar-refractivity contribution in [2.75, 3.05) is 24.7 Å². The van der Waals surface area contributed by atoms with Crippen molar-refractivity contribution in [3.8, 4) is 10.4 Å². The predicted octanol–water partition coefficient (Wildman–Crippen LogP) is 3.25. The van der Waals surface area contributed by atoms with Crippen LogP contribution in [0.3, 0.4) is 0 Å². The van der Waals surface area contributed by atoms with Crippen LogP contribution in [0.5, 0.6) is 0 Å². The second-order valence-corrected chi connectivity index (χ2v) is 6.72. The Morgan fingerprint density at radius 2 is 2.00 bits per heavy atom. The summed E-state index contributed by atoms with van der Waals surface area (Å²) in [5.41, 5.74) is 16.1. The van der Waals surface area contributed by atoms with Gasteiger partial charge in [0.1, 0.15) is 0 Å². The SMILES string of the molecule is Cc1nc(N)sc1-c1cc(N)cc(CC2CCOCC2)c1. The van der Waals surface area contributed by atoms with E-state index in [2.05, 4.69) is 17.1 Å². The van der Waals surface area contributed by atoms with E-state index in [1.807, 2.05) is 13.0 Å². The molecule has 1 aromatic heterocycles. The summed E-state index contributed by atoms with van der Waals surface area (Å²) in [5, 5.41) is 0.607. The lowest BCUT2D eigenvalue weighted by Gasteiger charge is -2.22. The fourth-order valence-electron chi connectivity index (χ4n) is 2.94. The number of benzene rings is 1. The fourth-order valence-corrected chi connectivity index (χ4v) is 3.76. The highest BCUT2D eigenvalue weighted by atomic mass is 32.1. The number of nitrogen functional groups attached to an aromatic ring is 2. The molecule has 1 fully saturated rings. The first kappa shape index (κ1) is 14.4. The van der Waals surface area contributed by atoms with E-state index in [4.69, 9.17) is 16.2 Å². The summed E-state index contributed by atoms with van der Waals surface area (Å²) in [6.07, 6.45) is 3.34. The Kier molecular flexibility index (Phi) is 4.12. The number of hydrogen-bond donors (Lipinski definition) is 2. The Hall–Kier alpha value is -1.59. The summed E-state index contributed by atoms with van der Waals surface area (Å²) >= 11 is 1.52. The van der Waals surface area contributed by atoms with Gasteiger partial charge in [0.25, 0.3) is 0 Å². The van der Waals surface area contributed by atoms with Crippen molar-refractivity contribution in [1.29, 1.82) is 0 Å². The molecule has 4 N–H and O–H groups in total. The van der Waals surface area contributed by atoms with Crippen molar-refractivity contribution in [2.45, 2.75) is 26.2 Å². The Morgan fingerprint density at radius 3 is 2.67 bits per heavy atom. The molecule has 0 radical (unpaired) electrons. The standard InChI is InChI=1S/C16H21N3OS/c1-10-15(21-16(18)19-10)13-7-12(8-14(17)9-13)6-11-2-4-20-5-3-11/h7-9,11H,2-6,17H2,1H3,(H2,18,19). The normalized spacial score (nSPS) is 16.2. The largest absolute Gasteiger partial charge is 0.399 e. The van der Waals surface area contributed by atoms with Crippen LogP contribution in [-0.2, 0) is 11.2 Å². The van der Waals surface area contributed by atoms with Crippen LogP contribution < -0.4 is 11.5 Å². The molecule has 112 valence electrons. The average molecular weight is 303 g/mol. The van der Waals surface area contributed by atoms with Gasteiger partial charge in [-0.3, -0.25) is 0 Å². The predicted molar refractivity (Wildman–Crippen MR) is 88.4 cm³/mol. The molecule has 21 heavy (non-hydrogen) atoms. The first-order valence-corrected chi connectivity index (χ1v) is 8.14. The molecule has 2 heterocycles. The molecule has 5 heteroatoms. The highest BCUT2D eigenvalue weighted by molar-refractivity contribution is 7.18. The lowest BCUT2D eigenvalue weighted by molar-refractivity contribution is 0.0665. The molecule has 0 amide bonds. The lowest BCUT2D eigenvalue weighted by Crippen LogP contribution is -2.17. The molecule has 0 saturated carbocycles. The number of aromatic nitrogens is 1. The molecule has 0 bridgehead atoms. The number of thiazole rings is 1. The van der Waals surface area contributed by atoms with Crippen LogP contribution in [0.4, 0.5) is 10.8 Å². The minimum Gasteiger partial charge on any atom is -0.399 e. The molecule has 1 aromatic carbocycles. The Morgan fingerprint density at radius 1 is 1.24 bits per heavy atom. The van der Waals surface area contributed by atoms with E-state index < -0.39 is 0 Å². The first-order chi connectivity index (χ1) is 10.1. The molecule has 0 atom stereocenters. The number of nitrogens with two attached hydrogens (primary N) is 2. The number of hydrogen-bond acceptors (Lipinski definition) is 5. The van der Waals surface area contributed by atoms with Gasteiger partial charge in [-0.1, -0.05) is 17.4 Å². The van der Waals surface area contributed by atoms with Crippen LogP contribution in [0.15, 0.2) is 18.2 Å². The third-order valence-electron chi connectivity index (χ3n) is 3.96. The Labute approximate surface area is 129 Å². The molecule has 1 aliphatic heterocycles. The molecule has 1 saturated heterocycles. The minimum atomic E-state index is 0.607. The van der Waals surface area contributed by atoms with E-state index in [-0.39, 0.29) is 0 Å². The number of anilines is 2. The third-order valence-corrected chi connectivity index (χ3v) is 4.99. The number of nitrogens with zero attached hydrogens (tertiary/aromatic N) is 1. The van der Waals surface area contributed by atoms with Crippen molar-refractivity contribution in [1.82, 2.24) is 4.98 Å². The van der Waals surface area contributed by atoms with Crippen molar-refractivity contribution in [2.24, 2.45) is 5.92 Å². The van der Waals surface area contributed by atoms with Crippen LogP contribution in [-0.4, -0.2) is 18.2 Å². The van der Waals surface area contributed by atoms with Gasteiger partial charge in [-0.2, -0.15) is 0 Å². The highest BCUT2D eigenvalue weighted by Gasteiger charge is 2.16. The maximum atomic E-state index is 6.09. The quantitative estimate of drug-likeness (QED) is 0.854. The summed E-state index contributed by atoms with van der Waals surface area (Å²) < 4.78 is 5.43. The zero-order valence-corrected chi connectivity index (χ0v) is 13.1. The van der Waals surface area contributed by atoms with E-state index in [0.717, 1.165) is 54.3 Å². The zero-order chi connectivity index (χ0) is 14.8. The zero-order valence-electron chi connectivity index (χ0n) is 12.3. The van der Waals surface area contributed by atoms with Gasteiger partial charge in [-0.15, -0.1) is 0 Å². The molecule has 4 nitrogen and oxygen atoms in total. The van der Waals surface area contributed by atoms with E-state index in [1.54, 1.807) is 0 Å². The molecular weight excluding hydrogens is 282 g/mol. The summed E-state index contributed by atoms with van der Waals surface area (Å²) in [5.74, 6) is 0.695. The van der Waals surface area contributed by atoms with Gasteiger partial charge in [0.05, 0.1) is 10.6 Å². The van der Waals surface area contributed by atoms with E-state index in [1.165, 1.54) is 16.9 Å². The van der Waals surface area contributed by atoms with Crippen LogP contribution in [0.2, 0.25) is 0 Å². The van der Waals surface area contributed by atoms with Crippen molar-refractivity contribution in [3.63, 3.8) is 0 Å². The number of rotatable bonds is 3. The molecule has 0 spiro atoms. The van der Waals surface area contributed by atoms with Gasteiger partial charge < -0.3 is 16.2 Å². The topological polar surface area (TPSA) is 74.2 Å². The van der Waals surface area contributed by atoms with Crippen LogP contribution in [0.1, 0.15) is 24.1 Å². The van der Waals surface area contributed by atoms with E-state index >= 15 is 0 Å². The van der Waals surface area contributed by atoms with Gasteiger partial charge >= 0.3 is 0 Å². The number of ether oxygens (including phenoxy) is 1. The fraction of sp³-hybridized carbons (Fsp3) is 0.438. The third kappa shape index (κ3) is 3.36. The minimum absolute atomic E-state index is 0.607. The van der Waals surface area contributed by atoms with Gasteiger partial charge in [-0.05, 0) is 55.4 Å². The molecule has 3 rings (SSSR count). The van der Waals surface area contributed by atoms with Crippen LogP contribution in [0.25, 0.3) is 10.4 Å². The molecular formula is C16H21N3OS. The highest BCUT2D eigenvalue weighted by Crippen LogP contribution is 2.34. The maximum Gasteiger partial charge on any atom is 0.180 e. The van der Waals surface area contributed by atoms with E-state index in [0.29, 0.717) is 11.0 Å².